The van der Waals surface area contributed by atoms with Crippen LogP contribution in [-0.4, -0.2) is 27.4 Å². The van der Waals surface area contributed by atoms with E-state index in [1.54, 1.807) is 13.8 Å². The first-order valence-electron chi connectivity index (χ1n) is 8.42. The van der Waals surface area contributed by atoms with Gasteiger partial charge >= 0.3 is 5.97 Å². The third-order valence-corrected chi connectivity index (χ3v) is 4.84. The summed E-state index contributed by atoms with van der Waals surface area (Å²) >= 11 is 5.93. The van der Waals surface area contributed by atoms with Crippen molar-refractivity contribution in [1.29, 1.82) is 0 Å². The van der Waals surface area contributed by atoms with Crippen molar-refractivity contribution in [3.8, 4) is 0 Å². The Morgan fingerprint density at radius 3 is 2.52 bits per heavy atom. The molecule has 1 aromatic heterocycles. The Balaban J connectivity index is 1.97. The van der Waals surface area contributed by atoms with Gasteiger partial charge < -0.3 is 10.4 Å². The second kappa shape index (κ2) is 8.02. The lowest BCUT2D eigenvalue weighted by molar-refractivity contribution is -0.147. The zero-order valence-corrected chi connectivity index (χ0v) is 16.0. The number of hydrogen-bond donors (Lipinski definition) is 2. The molecule has 0 spiro atoms. The van der Waals surface area contributed by atoms with Crippen molar-refractivity contribution < 1.29 is 9.90 Å². The minimum atomic E-state index is -0.766. The normalized spacial score (nSPS) is 11.7. The monoisotopic (exact) mass is 363 g/mol. The predicted octanol–water partition coefficient (Wildman–Crippen LogP) is 3.79. The molecular formula is C19H26ClN3O2. The summed E-state index contributed by atoms with van der Waals surface area (Å²) in [5.74, 6) is -0.766. The van der Waals surface area contributed by atoms with Crippen molar-refractivity contribution in [2.24, 2.45) is 5.41 Å². The number of benzene rings is 1. The molecular weight excluding hydrogens is 338 g/mol. The second-order valence-corrected chi connectivity index (χ2v) is 7.49. The summed E-state index contributed by atoms with van der Waals surface area (Å²) in [6.07, 6.45) is 0.583. The van der Waals surface area contributed by atoms with Crippen LogP contribution in [-0.2, 0) is 17.9 Å². The van der Waals surface area contributed by atoms with Gasteiger partial charge in [-0.05, 0) is 58.4 Å². The third-order valence-electron chi connectivity index (χ3n) is 4.58. The molecule has 0 bridgehead atoms. The van der Waals surface area contributed by atoms with Gasteiger partial charge in [-0.25, -0.2) is 0 Å². The molecule has 25 heavy (non-hydrogen) atoms. The third kappa shape index (κ3) is 5.06. The number of nitrogens with zero attached hydrogens (tertiary/aromatic N) is 2. The van der Waals surface area contributed by atoms with Crippen LogP contribution >= 0.6 is 11.6 Å². The van der Waals surface area contributed by atoms with E-state index in [9.17, 15) is 4.79 Å². The maximum atomic E-state index is 11.1. The average molecular weight is 364 g/mol. The fourth-order valence-electron chi connectivity index (χ4n) is 2.63. The molecule has 2 rings (SSSR count). The molecule has 0 aliphatic carbocycles. The van der Waals surface area contributed by atoms with E-state index in [0.717, 1.165) is 22.0 Å². The van der Waals surface area contributed by atoms with Gasteiger partial charge in [0.15, 0.2) is 0 Å². The number of nitrogens with one attached hydrogen (secondary N) is 1. The van der Waals surface area contributed by atoms with Gasteiger partial charge in [-0.3, -0.25) is 9.48 Å². The van der Waals surface area contributed by atoms with E-state index in [0.29, 0.717) is 26.1 Å². The van der Waals surface area contributed by atoms with Gasteiger partial charge in [0.1, 0.15) is 0 Å². The van der Waals surface area contributed by atoms with Crippen molar-refractivity contribution in [3.63, 3.8) is 0 Å². The molecule has 0 aliphatic rings. The van der Waals surface area contributed by atoms with Crippen molar-refractivity contribution in [3.05, 3.63) is 51.8 Å². The fourth-order valence-corrected chi connectivity index (χ4v) is 2.75. The molecule has 6 heteroatoms. The maximum absolute atomic E-state index is 11.1. The maximum Gasteiger partial charge on any atom is 0.309 e. The van der Waals surface area contributed by atoms with Crippen molar-refractivity contribution in [1.82, 2.24) is 15.1 Å². The molecule has 1 aromatic carbocycles. The molecule has 0 saturated carbocycles. The van der Waals surface area contributed by atoms with E-state index < -0.39 is 11.4 Å². The Kier molecular flexibility index (Phi) is 6.25. The molecule has 0 radical (unpaired) electrons. The van der Waals surface area contributed by atoms with Crippen molar-refractivity contribution >= 4 is 17.6 Å². The Bertz CT molecular complexity index is 736. The lowest BCUT2D eigenvalue weighted by Gasteiger charge is -2.19. The number of aliphatic carboxylic acids is 1. The number of carboxylic acids is 1. The van der Waals surface area contributed by atoms with Gasteiger partial charge in [-0.1, -0.05) is 23.7 Å². The molecule has 0 amide bonds. The van der Waals surface area contributed by atoms with Gasteiger partial charge in [0.2, 0.25) is 0 Å². The number of aryl methyl sites for hydroxylation is 1. The topological polar surface area (TPSA) is 67.2 Å². The summed E-state index contributed by atoms with van der Waals surface area (Å²) in [7, 11) is 0. The summed E-state index contributed by atoms with van der Waals surface area (Å²) < 4.78 is 2.00. The molecule has 0 aliphatic heterocycles. The van der Waals surface area contributed by atoms with E-state index in [2.05, 4.69) is 17.3 Å². The highest BCUT2D eigenvalue weighted by Gasteiger charge is 2.26. The summed E-state index contributed by atoms with van der Waals surface area (Å²) in [6.45, 7) is 9.61. The summed E-state index contributed by atoms with van der Waals surface area (Å²) in [4.78, 5) is 11.1. The highest BCUT2D eigenvalue weighted by molar-refractivity contribution is 6.30. The Morgan fingerprint density at radius 2 is 1.92 bits per heavy atom. The lowest BCUT2D eigenvalue weighted by atomic mass is 9.90. The zero-order chi connectivity index (χ0) is 18.6. The Morgan fingerprint density at radius 1 is 1.28 bits per heavy atom. The first kappa shape index (κ1) is 19.5. The number of carbonyl (C=O) groups is 1. The first-order chi connectivity index (χ1) is 11.7. The molecule has 0 unspecified atom stereocenters. The molecule has 1 heterocycles. The standard InChI is InChI=1S/C19H26ClN3O2/c1-13-17(11-21-10-9-19(3,4)18(24)25)14(2)23(22-13)12-15-5-7-16(20)8-6-15/h5-8,21H,9-12H2,1-4H3,(H,24,25). The zero-order valence-electron chi connectivity index (χ0n) is 15.3. The molecule has 0 saturated heterocycles. The molecule has 0 atom stereocenters. The summed E-state index contributed by atoms with van der Waals surface area (Å²) in [6, 6.07) is 7.78. The van der Waals surface area contributed by atoms with Crippen molar-refractivity contribution in [2.45, 2.75) is 47.2 Å². The van der Waals surface area contributed by atoms with Gasteiger partial charge in [-0.15, -0.1) is 0 Å². The number of carboxylic acid groups (broad SMARTS) is 1. The second-order valence-electron chi connectivity index (χ2n) is 7.05. The minimum Gasteiger partial charge on any atom is -0.481 e. The van der Waals surface area contributed by atoms with E-state index in [1.165, 1.54) is 5.56 Å². The Labute approximate surface area is 154 Å². The van der Waals surface area contributed by atoms with Gasteiger partial charge in [-0.2, -0.15) is 5.10 Å². The molecule has 2 aromatic rings. The van der Waals surface area contributed by atoms with Crippen LogP contribution in [0.25, 0.3) is 0 Å². The van der Waals surface area contributed by atoms with E-state index in [4.69, 9.17) is 16.7 Å². The molecule has 136 valence electrons. The quantitative estimate of drug-likeness (QED) is 0.700. The van der Waals surface area contributed by atoms with Crippen LogP contribution in [0, 0.1) is 19.3 Å². The molecule has 2 N–H and O–H groups in total. The highest BCUT2D eigenvalue weighted by atomic mass is 35.5. The van der Waals surface area contributed by atoms with Crippen LogP contribution in [0.2, 0.25) is 5.02 Å². The largest absolute Gasteiger partial charge is 0.481 e. The van der Waals surface area contributed by atoms with Gasteiger partial charge in [0.05, 0.1) is 17.7 Å². The van der Waals surface area contributed by atoms with Crippen LogP contribution in [0.3, 0.4) is 0 Å². The van der Waals surface area contributed by atoms with E-state index >= 15 is 0 Å². The highest BCUT2D eigenvalue weighted by Crippen LogP contribution is 2.20. The fraction of sp³-hybridized carbons (Fsp3) is 0.474. The van der Waals surface area contributed by atoms with Gasteiger partial charge in [0, 0.05) is 22.8 Å². The van der Waals surface area contributed by atoms with Gasteiger partial charge in [0.25, 0.3) is 0 Å². The number of aromatic nitrogens is 2. The molecule has 0 fully saturated rings. The lowest BCUT2D eigenvalue weighted by Crippen LogP contribution is -2.29. The predicted molar refractivity (Wildman–Crippen MR) is 100.0 cm³/mol. The number of halogens is 1. The minimum absolute atomic E-state index is 0.583. The SMILES string of the molecule is Cc1nn(Cc2ccc(Cl)cc2)c(C)c1CNCCC(C)(C)C(=O)O. The van der Waals surface area contributed by atoms with E-state index in [1.807, 2.05) is 35.9 Å². The summed E-state index contributed by atoms with van der Waals surface area (Å²) in [5, 5.41) is 17.9. The number of rotatable bonds is 8. The average Bonchev–Trinajstić information content (AvgIpc) is 2.80. The van der Waals surface area contributed by atoms with Crippen molar-refractivity contribution in [2.75, 3.05) is 6.54 Å². The Hall–Kier alpha value is -1.85. The summed E-state index contributed by atoms with van der Waals surface area (Å²) in [5.41, 5.74) is 3.73. The van der Waals surface area contributed by atoms with Crippen LogP contribution in [0.5, 0.6) is 0 Å². The van der Waals surface area contributed by atoms with E-state index in [-0.39, 0.29) is 0 Å². The van der Waals surface area contributed by atoms with Crippen LogP contribution in [0.1, 0.15) is 42.8 Å². The smallest absolute Gasteiger partial charge is 0.309 e. The number of hydrogen-bond acceptors (Lipinski definition) is 3. The van der Waals surface area contributed by atoms with Crippen LogP contribution in [0.4, 0.5) is 0 Å². The first-order valence-corrected chi connectivity index (χ1v) is 8.80. The van der Waals surface area contributed by atoms with Crippen LogP contribution < -0.4 is 5.32 Å². The van der Waals surface area contributed by atoms with Crippen LogP contribution in [0.15, 0.2) is 24.3 Å². The molecule has 5 nitrogen and oxygen atoms in total.